The molecule has 0 aliphatic rings. The van der Waals surface area contributed by atoms with E-state index in [4.69, 9.17) is 0 Å². The lowest BCUT2D eigenvalue weighted by Crippen LogP contribution is -2.45. The molecule has 0 aliphatic carbocycles. The predicted molar refractivity (Wildman–Crippen MR) is 61.5 cm³/mol. The van der Waals surface area contributed by atoms with E-state index in [0.29, 0.717) is 5.78 Å². The van der Waals surface area contributed by atoms with E-state index in [1.54, 1.807) is 0 Å². The van der Waals surface area contributed by atoms with Crippen molar-refractivity contribution in [3.63, 3.8) is 0 Å². The minimum atomic E-state index is -0.219. The van der Waals surface area contributed by atoms with E-state index in [0.717, 1.165) is 19.5 Å². The van der Waals surface area contributed by atoms with Gasteiger partial charge < -0.3 is 0 Å². The Morgan fingerprint density at radius 1 is 1.14 bits per heavy atom. The molecule has 0 aliphatic heterocycles. The average molecular weight is 199 g/mol. The zero-order chi connectivity index (χ0) is 11.4. The summed E-state index contributed by atoms with van der Waals surface area (Å²) in [5, 5.41) is 0. The fourth-order valence-corrected chi connectivity index (χ4v) is 1.77. The van der Waals surface area contributed by atoms with E-state index >= 15 is 0 Å². The molecule has 2 heteroatoms. The molecule has 0 aromatic heterocycles. The first kappa shape index (κ1) is 13.6. The molecule has 0 rings (SSSR count). The highest BCUT2D eigenvalue weighted by atomic mass is 16.1. The summed E-state index contributed by atoms with van der Waals surface area (Å²) in [6, 6.07) is 0.102. The Morgan fingerprint density at radius 2 is 1.57 bits per heavy atom. The second-order valence-electron chi connectivity index (χ2n) is 4.76. The highest BCUT2D eigenvalue weighted by molar-refractivity contribution is 5.88. The molecule has 2 nitrogen and oxygen atoms in total. The summed E-state index contributed by atoms with van der Waals surface area (Å²) in [4.78, 5) is 14.4. The van der Waals surface area contributed by atoms with Crippen molar-refractivity contribution in [1.82, 2.24) is 4.90 Å². The van der Waals surface area contributed by atoms with E-state index < -0.39 is 0 Å². The lowest BCUT2D eigenvalue weighted by molar-refractivity contribution is -0.131. The maximum atomic E-state index is 12.1. The Hall–Kier alpha value is -0.370. The van der Waals surface area contributed by atoms with Gasteiger partial charge in [-0.15, -0.1) is 0 Å². The van der Waals surface area contributed by atoms with Gasteiger partial charge in [-0.3, -0.25) is 9.69 Å². The maximum absolute atomic E-state index is 12.1. The highest BCUT2D eigenvalue weighted by Gasteiger charge is 2.31. The number of Topliss-reactive ketones (excluding diaryl/α,β-unsaturated/α-hetero) is 1. The summed E-state index contributed by atoms with van der Waals surface area (Å²) in [5.41, 5.74) is -0.219. The van der Waals surface area contributed by atoms with Crippen molar-refractivity contribution in [2.75, 3.05) is 13.1 Å². The van der Waals surface area contributed by atoms with Gasteiger partial charge in [-0.2, -0.15) is 0 Å². The first-order valence-electron chi connectivity index (χ1n) is 5.66. The van der Waals surface area contributed by atoms with Gasteiger partial charge in [-0.25, -0.2) is 0 Å². The number of carbonyl (C=O) groups is 1. The Bertz CT molecular complexity index is 177. The number of rotatable bonds is 5. The predicted octanol–water partition coefficient (Wildman–Crippen LogP) is 2.72. The number of hydrogen-bond donors (Lipinski definition) is 0. The third-order valence-corrected chi connectivity index (χ3v) is 2.68. The van der Waals surface area contributed by atoms with Gasteiger partial charge in [0, 0.05) is 5.41 Å². The number of ketones is 1. The van der Waals surface area contributed by atoms with Gasteiger partial charge in [-0.05, 0) is 19.5 Å². The zero-order valence-electron chi connectivity index (χ0n) is 10.6. The van der Waals surface area contributed by atoms with Crippen LogP contribution < -0.4 is 0 Å². The maximum Gasteiger partial charge on any atom is 0.155 e. The van der Waals surface area contributed by atoms with E-state index in [1.165, 1.54) is 0 Å². The molecule has 0 radical (unpaired) electrons. The smallest absolute Gasteiger partial charge is 0.155 e. The number of likely N-dealkylation sites (N-methyl/N-ethyl adjacent to an activating group) is 1. The lowest BCUT2D eigenvalue weighted by Gasteiger charge is -2.32. The molecule has 84 valence electrons. The van der Waals surface area contributed by atoms with Crippen LogP contribution in [0, 0.1) is 5.41 Å². The molecule has 0 saturated carbocycles. The van der Waals surface area contributed by atoms with Gasteiger partial charge in [0.05, 0.1) is 6.04 Å². The van der Waals surface area contributed by atoms with Crippen molar-refractivity contribution in [3.8, 4) is 0 Å². The molecule has 0 bridgehead atoms. The van der Waals surface area contributed by atoms with Crippen LogP contribution in [0.5, 0.6) is 0 Å². The van der Waals surface area contributed by atoms with Gasteiger partial charge >= 0.3 is 0 Å². The minimum absolute atomic E-state index is 0.102. The summed E-state index contributed by atoms with van der Waals surface area (Å²) in [6.45, 7) is 14.2. The van der Waals surface area contributed by atoms with Crippen molar-refractivity contribution in [3.05, 3.63) is 0 Å². The Labute approximate surface area is 88.7 Å². The minimum Gasteiger partial charge on any atom is -0.297 e. The summed E-state index contributed by atoms with van der Waals surface area (Å²) in [5.74, 6) is 0.365. The Morgan fingerprint density at radius 3 is 1.79 bits per heavy atom. The second-order valence-corrected chi connectivity index (χ2v) is 4.76. The highest BCUT2D eigenvalue weighted by Crippen LogP contribution is 2.21. The standard InChI is InChI=1S/C12H25NO/c1-7-10(13(8-2)9-3)11(14)12(4,5)6/h10H,7-9H2,1-6H3/t10-/m1/s1. The third-order valence-electron chi connectivity index (χ3n) is 2.68. The van der Waals surface area contributed by atoms with E-state index in [2.05, 4.69) is 25.7 Å². The summed E-state index contributed by atoms with van der Waals surface area (Å²) < 4.78 is 0. The summed E-state index contributed by atoms with van der Waals surface area (Å²) in [6.07, 6.45) is 0.914. The summed E-state index contributed by atoms with van der Waals surface area (Å²) >= 11 is 0. The average Bonchev–Trinajstić information content (AvgIpc) is 2.11. The molecule has 0 heterocycles. The van der Waals surface area contributed by atoms with Crippen LogP contribution in [-0.4, -0.2) is 29.8 Å². The zero-order valence-corrected chi connectivity index (χ0v) is 10.6. The molecular weight excluding hydrogens is 174 g/mol. The topological polar surface area (TPSA) is 20.3 Å². The van der Waals surface area contributed by atoms with Gasteiger partial charge in [0.1, 0.15) is 0 Å². The van der Waals surface area contributed by atoms with Gasteiger partial charge in [-0.1, -0.05) is 41.5 Å². The van der Waals surface area contributed by atoms with Crippen molar-refractivity contribution >= 4 is 5.78 Å². The van der Waals surface area contributed by atoms with Crippen molar-refractivity contribution in [1.29, 1.82) is 0 Å². The third kappa shape index (κ3) is 3.41. The van der Waals surface area contributed by atoms with Crippen LogP contribution in [0.2, 0.25) is 0 Å². The molecule has 0 aromatic carbocycles. The fraction of sp³-hybridized carbons (Fsp3) is 0.917. The Balaban J connectivity index is 4.63. The molecule has 0 amide bonds. The normalized spacial score (nSPS) is 14.5. The van der Waals surface area contributed by atoms with E-state index in [-0.39, 0.29) is 11.5 Å². The summed E-state index contributed by atoms with van der Waals surface area (Å²) in [7, 11) is 0. The molecule has 0 spiro atoms. The number of hydrogen-bond acceptors (Lipinski definition) is 2. The van der Waals surface area contributed by atoms with Crippen LogP contribution in [0.4, 0.5) is 0 Å². The first-order valence-corrected chi connectivity index (χ1v) is 5.66. The SMILES string of the molecule is CC[C@H](C(=O)C(C)(C)C)N(CC)CC. The van der Waals surface area contributed by atoms with Gasteiger partial charge in [0.2, 0.25) is 0 Å². The van der Waals surface area contributed by atoms with E-state index in [1.807, 2.05) is 20.8 Å². The first-order chi connectivity index (χ1) is 6.38. The van der Waals surface area contributed by atoms with Gasteiger partial charge in [0.25, 0.3) is 0 Å². The largest absolute Gasteiger partial charge is 0.297 e. The Kier molecular flexibility index (Phi) is 5.35. The van der Waals surface area contributed by atoms with Crippen LogP contribution in [0.3, 0.4) is 0 Å². The molecule has 0 saturated heterocycles. The van der Waals surface area contributed by atoms with Gasteiger partial charge in [0.15, 0.2) is 5.78 Å². The van der Waals surface area contributed by atoms with Crippen molar-refractivity contribution < 1.29 is 4.79 Å². The monoisotopic (exact) mass is 199 g/mol. The molecule has 14 heavy (non-hydrogen) atoms. The quantitative estimate of drug-likeness (QED) is 0.678. The molecule has 0 unspecified atom stereocenters. The number of carbonyl (C=O) groups excluding carboxylic acids is 1. The lowest BCUT2D eigenvalue weighted by atomic mass is 9.85. The molecular formula is C12H25NO. The van der Waals surface area contributed by atoms with Crippen LogP contribution in [-0.2, 0) is 4.79 Å². The van der Waals surface area contributed by atoms with Crippen LogP contribution in [0.15, 0.2) is 0 Å². The van der Waals surface area contributed by atoms with Crippen LogP contribution in [0.25, 0.3) is 0 Å². The van der Waals surface area contributed by atoms with Crippen molar-refractivity contribution in [2.45, 2.75) is 54.0 Å². The molecule has 0 N–H and O–H groups in total. The van der Waals surface area contributed by atoms with Crippen LogP contribution >= 0.6 is 0 Å². The number of nitrogens with zero attached hydrogens (tertiary/aromatic N) is 1. The van der Waals surface area contributed by atoms with E-state index in [9.17, 15) is 4.79 Å². The molecule has 0 aromatic rings. The van der Waals surface area contributed by atoms with Crippen LogP contribution in [0.1, 0.15) is 48.0 Å². The van der Waals surface area contributed by atoms with Crippen molar-refractivity contribution in [2.24, 2.45) is 5.41 Å². The fourth-order valence-electron chi connectivity index (χ4n) is 1.77. The molecule has 0 fully saturated rings. The molecule has 1 atom stereocenters. The second kappa shape index (κ2) is 5.50.